The Kier molecular flexibility index (Phi) is 4.83. The van der Waals surface area contributed by atoms with Crippen molar-refractivity contribution in [3.8, 4) is 5.75 Å². The van der Waals surface area contributed by atoms with Gasteiger partial charge in [-0.3, -0.25) is 25.0 Å². The molecule has 0 atom stereocenters. The Bertz CT molecular complexity index is 761. The molecule has 2 aromatic rings. The van der Waals surface area contributed by atoms with Crippen LogP contribution in [-0.2, 0) is 4.79 Å². The molecule has 0 bridgehead atoms. The molecule has 2 rings (SSSR count). The van der Waals surface area contributed by atoms with Gasteiger partial charge in [0, 0.05) is 11.4 Å². The van der Waals surface area contributed by atoms with Gasteiger partial charge in [-0.2, -0.15) is 0 Å². The molecular formula is C12H8BrN3O5S. The standard InChI is InChI=1S/C12H8BrN3O5S/c1-6(17)21-9-3-2-7(13)4-8(9)11(18)15-12-14-5-10(22-12)16(19)20/h2-5H,1H3,(H,14,15,18). The molecule has 8 nitrogen and oxygen atoms in total. The summed E-state index contributed by atoms with van der Waals surface area (Å²) >= 11 is 3.94. The zero-order valence-electron chi connectivity index (χ0n) is 11.0. The molecule has 1 N–H and O–H groups in total. The number of nitrogens with zero attached hydrogens (tertiary/aromatic N) is 2. The number of rotatable bonds is 4. The van der Waals surface area contributed by atoms with Crippen LogP contribution in [0.3, 0.4) is 0 Å². The first-order valence-electron chi connectivity index (χ1n) is 5.76. The lowest BCUT2D eigenvalue weighted by Crippen LogP contribution is -2.14. The number of aromatic nitrogens is 1. The Morgan fingerprint density at radius 3 is 2.77 bits per heavy atom. The summed E-state index contributed by atoms with van der Waals surface area (Å²) in [5.74, 6) is -1.08. The minimum atomic E-state index is -0.600. The van der Waals surface area contributed by atoms with Crippen LogP contribution in [0.5, 0.6) is 5.75 Å². The van der Waals surface area contributed by atoms with E-state index >= 15 is 0 Å². The molecular weight excluding hydrogens is 378 g/mol. The first kappa shape index (κ1) is 16.0. The van der Waals surface area contributed by atoms with Crippen LogP contribution in [0.25, 0.3) is 0 Å². The van der Waals surface area contributed by atoms with Crippen molar-refractivity contribution in [2.24, 2.45) is 0 Å². The molecule has 114 valence electrons. The molecule has 1 aromatic carbocycles. The van der Waals surface area contributed by atoms with E-state index in [-0.39, 0.29) is 21.4 Å². The molecule has 1 aromatic heterocycles. The van der Waals surface area contributed by atoms with Crippen molar-refractivity contribution >= 4 is 49.3 Å². The van der Waals surface area contributed by atoms with Crippen molar-refractivity contribution in [3.63, 3.8) is 0 Å². The SMILES string of the molecule is CC(=O)Oc1ccc(Br)cc1C(=O)Nc1ncc([N+](=O)[O-])s1. The molecule has 1 heterocycles. The van der Waals surface area contributed by atoms with Crippen molar-refractivity contribution in [2.45, 2.75) is 6.92 Å². The number of nitro groups is 1. The van der Waals surface area contributed by atoms with Gasteiger partial charge in [0.25, 0.3) is 5.91 Å². The number of thiazole rings is 1. The lowest BCUT2D eigenvalue weighted by Gasteiger charge is -2.08. The summed E-state index contributed by atoms with van der Waals surface area (Å²) in [5.41, 5.74) is 0.0995. The van der Waals surface area contributed by atoms with E-state index < -0.39 is 16.8 Å². The number of amides is 1. The van der Waals surface area contributed by atoms with E-state index in [4.69, 9.17) is 4.74 Å². The maximum absolute atomic E-state index is 12.2. The van der Waals surface area contributed by atoms with Crippen molar-refractivity contribution in [1.82, 2.24) is 4.98 Å². The number of halogens is 1. The Morgan fingerprint density at radius 1 is 1.45 bits per heavy atom. The van der Waals surface area contributed by atoms with Gasteiger partial charge in [0.15, 0.2) is 5.13 Å². The number of nitrogens with one attached hydrogen (secondary N) is 1. The van der Waals surface area contributed by atoms with E-state index in [9.17, 15) is 19.7 Å². The monoisotopic (exact) mass is 385 g/mol. The van der Waals surface area contributed by atoms with E-state index in [0.717, 1.165) is 17.5 Å². The summed E-state index contributed by atoms with van der Waals surface area (Å²) in [6, 6.07) is 4.55. The van der Waals surface area contributed by atoms with Crippen LogP contribution in [0.1, 0.15) is 17.3 Å². The van der Waals surface area contributed by atoms with E-state index in [0.29, 0.717) is 4.47 Å². The van der Waals surface area contributed by atoms with Crippen molar-refractivity contribution < 1.29 is 19.2 Å². The van der Waals surface area contributed by atoms with Crippen molar-refractivity contribution in [1.29, 1.82) is 0 Å². The number of benzene rings is 1. The highest BCUT2D eigenvalue weighted by atomic mass is 79.9. The number of hydrogen-bond donors (Lipinski definition) is 1. The van der Waals surface area contributed by atoms with Gasteiger partial charge in [0.05, 0.1) is 10.5 Å². The first-order chi connectivity index (χ1) is 10.4. The first-order valence-corrected chi connectivity index (χ1v) is 7.37. The highest BCUT2D eigenvalue weighted by molar-refractivity contribution is 9.10. The molecule has 0 saturated heterocycles. The molecule has 0 unspecified atom stereocenters. The fraction of sp³-hybridized carbons (Fsp3) is 0.0833. The summed E-state index contributed by atoms with van der Waals surface area (Å²) in [4.78, 5) is 37.0. The molecule has 22 heavy (non-hydrogen) atoms. The number of carbonyl (C=O) groups is 2. The molecule has 0 fully saturated rings. The minimum Gasteiger partial charge on any atom is -0.426 e. The molecule has 0 saturated carbocycles. The van der Waals surface area contributed by atoms with Crippen LogP contribution in [-0.4, -0.2) is 21.8 Å². The zero-order valence-corrected chi connectivity index (χ0v) is 13.4. The fourth-order valence-corrected chi connectivity index (χ4v) is 2.48. The fourth-order valence-electron chi connectivity index (χ4n) is 1.50. The van der Waals surface area contributed by atoms with Gasteiger partial charge in [-0.25, -0.2) is 4.98 Å². The summed E-state index contributed by atoms with van der Waals surface area (Å²) in [5, 5.41) is 12.9. The predicted octanol–water partition coefficient (Wildman–Crippen LogP) is 2.99. The van der Waals surface area contributed by atoms with E-state index in [1.54, 1.807) is 6.07 Å². The number of carbonyl (C=O) groups excluding carboxylic acids is 2. The van der Waals surface area contributed by atoms with Gasteiger partial charge >= 0.3 is 11.0 Å². The van der Waals surface area contributed by atoms with Gasteiger partial charge < -0.3 is 4.74 Å². The van der Waals surface area contributed by atoms with E-state index in [1.807, 2.05) is 0 Å². The van der Waals surface area contributed by atoms with Crippen LogP contribution >= 0.6 is 27.3 Å². The van der Waals surface area contributed by atoms with E-state index in [2.05, 4.69) is 26.2 Å². The quantitative estimate of drug-likeness (QED) is 0.374. The van der Waals surface area contributed by atoms with Crippen LogP contribution in [0.15, 0.2) is 28.9 Å². The third kappa shape index (κ3) is 3.86. The second-order valence-corrected chi connectivity index (χ2v) is 5.87. The van der Waals surface area contributed by atoms with Gasteiger partial charge in [0.1, 0.15) is 11.9 Å². The second kappa shape index (κ2) is 6.62. The third-order valence-corrected chi connectivity index (χ3v) is 3.69. The summed E-state index contributed by atoms with van der Waals surface area (Å²) in [7, 11) is 0. The Labute approximate surface area is 136 Å². The van der Waals surface area contributed by atoms with Crippen molar-refractivity contribution in [3.05, 3.63) is 44.5 Å². The number of anilines is 1. The summed E-state index contributed by atoms with van der Waals surface area (Å²) < 4.78 is 5.57. The lowest BCUT2D eigenvalue weighted by atomic mass is 10.2. The normalized spacial score (nSPS) is 10.1. The molecule has 10 heteroatoms. The van der Waals surface area contributed by atoms with Crippen LogP contribution in [0.4, 0.5) is 10.1 Å². The maximum atomic E-state index is 12.2. The highest BCUT2D eigenvalue weighted by Gasteiger charge is 2.18. The number of ether oxygens (including phenoxy) is 1. The maximum Gasteiger partial charge on any atom is 0.345 e. The van der Waals surface area contributed by atoms with Gasteiger partial charge in [-0.1, -0.05) is 15.9 Å². The molecule has 0 aliphatic rings. The highest BCUT2D eigenvalue weighted by Crippen LogP contribution is 2.28. The van der Waals surface area contributed by atoms with Gasteiger partial charge in [-0.05, 0) is 29.5 Å². The average Bonchev–Trinajstić information content (AvgIpc) is 2.89. The van der Waals surface area contributed by atoms with E-state index in [1.165, 1.54) is 19.1 Å². The van der Waals surface area contributed by atoms with Crippen LogP contribution < -0.4 is 10.1 Å². The van der Waals surface area contributed by atoms with Crippen LogP contribution in [0.2, 0.25) is 0 Å². The second-order valence-electron chi connectivity index (χ2n) is 3.95. The summed E-state index contributed by atoms with van der Waals surface area (Å²) in [6.45, 7) is 1.22. The van der Waals surface area contributed by atoms with Gasteiger partial charge in [-0.15, -0.1) is 0 Å². The molecule has 0 aliphatic carbocycles. The zero-order chi connectivity index (χ0) is 16.3. The Morgan fingerprint density at radius 2 is 2.18 bits per heavy atom. The number of hydrogen-bond acceptors (Lipinski definition) is 7. The smallest absolute Gasteiger partial charge is 0.345 e. The van der Waals surface area contributed by atoms with Crippen molar-refractivity contribution in [2.75, 3.05) is 5.32 Å². The molecule has 0 radical (unpaired) electrons. The summed E-state index contributed by atoms with van der Waals surface area (Å²) in [6.07, 6.45) is 1.05. The number of esters is 1. The lowest BCUT2D eigenvalue weighted by molar-refractivity contribution is -0.380. The van der Waals surface area contributed by atoms with Crippen LogP contribution in [0, 0.1) is 10.1 Å². The minimum absolute atomic E-state index is 0.0745. The third-order valence-electron chi connectivity index (χ3n) is 2.33. The average molecular weight is 386 g/mol. The van der Waals surface area contributed by atoms with Gasteiger partial charge in [0.2, 0.25) is 0 Å². The molecule has 0 aliphatic heterocycles. The largest absolute Gasteiger partial charge is 0.426 e. The molecule has 0 spiro atoms. The Hall–Kier alpha value is -2.33. The molecule has 1 amide bonds. The topological polar surface area (TPSA) is 111 Å². The Balaban J connectivity index is 2.26. The predicted molar refractivity (Wildman–Crippen MR) is 82.2 cm³/mol.